The highest BCUT2D eigenvalue weighted by molar-refractivity contribution is 7.98. The highest BCUT2D eigenvalue weighted by Crippen LogP contribution is 2.38. The van der Waals surface area contributed by atoms with Gasteiger partial charge in [-0.1, -0.05) is 81.8 Å². The molecule has 1 saturated carbocycles. The Morgan fingerprint density at radius 3 is 2.47 bits per heavy atom. The van der Waals surface area contributed by atoms with E-state index in [0.717, 1.165) is 45.9 Å². The van der Waals surface area contributed by atoms with E-state index in [1.807, 2.05) is 19.1 Å². The van der Waals surface area contributed by atoms with Gasteiger partial charge in [0.15, 0.2) is 11.0 Å². The lowest BCUT2D eigenvalue weighted by Crippen LogP contribution is -2.11. The zero-order valence-electron chi connectivity index (χ0n) is 20.3. The Morgan fingerprint density at radius 1 is 1.03 bits per heavy atom. The van der Waals surface area contributed by atoms with Crippen molar-refractivity contribution in [2.75, 3.05) is 0 Å². The van der Waals surface area contributed by atoms with E-state index in [1.165, 1.54) is 18.4 Å². The maximum atomic E-state index is 12.2. The van der Waals surface area contributed by atoms with E-state index in [2.05, 4.69) is 65.9 Å². The first-order chi connectivity index (χ1) is 16.3. The van der Waals surface area contributed by atoms with Crippen molar-refractivity contribution in [1.82, 2.24) is 14.8 Å². The van der Waals surface area contributed by atoms with E-state index < -0.39 is 0 Å². The fourth-order valence-electron chi connectivity index (χ4n) is 4.78. The molecule has 0 bridgehead atoms. The van der Waals surface area contributed by atoms with Gasteiger partial charge in [-0.2, -0.15) is 0 Å². The molecule has 5 rings (SSSR count). The maximum absolute atomic E-state index is 12.2. The van der Waals surface area contributed by atoms with Crippen molar-refractivity contribution in [2.24, 2.45) is 0 Å². The van der Waals surface area contributed by atoms with E-state index in [9.17, 15) is 4.79 Å². The number of fused-ring (bicyclic) bond motifs is 1. The molecule has 0 saturated heterocycles. The summed E-state index contributed by atoms with van der Waals surface area (Å²) in [4.78, 5) is 12.2. The zero-order valence-corrected chi connectivity index (χ0v) is 21.1. The molecule has 5 nitrogen and oxygen atoms in total. The van der Waals surface area contributed by atoms with Crippen molar-refractivity contribution < 1.29 is 4.42 Å². The molecule has 2 aromatic heterocycles. The van der Waals surface area contributed by atoms with E-state index in [4.69, 9.17) is 4.42 Å². The molecule has 176 valence electrons. The first-order valence-electron chi connectivity index (χ1n) is 12.0. The molecule has 0 unspecified atom stereocenters. The lowest BCUT2D eigenvalue weighted by atomic mass is 9.86. The molecule has 1 aliphatic rings. The third kappa shape index (κ3) is 4.56. The van der Waals surface area contributed by atoms with E-state index >= 15 is 0 Å². The van der Waals surface area contributed by atoms with Crippen LogP contribution in [0.3, 0.4) is 0 Å². The Morgan fingerprint density at radius 2 is 1.76 bits per heavy atom. The second-order valence-corrected chi connectivity index (χ2v) is 11.3. The third-order valence-electron chi connectivity index (χ3n) is 6.71. The normalized spacial score (nSPS) is 14.8. The summed E-state index contributed by atoms with van der Waals surface area (Å²) in [5.41, 5.74) is 4.88. The summed E-state index contributed by atoms with van der Waals surface area (Å²) < 4.78 is 7.77. The van der Waals surface area contributed by atoms with E-state index in [0.29, 0.717) is 17.4 Å². The van der Waals surface area contributed by atoms with Gasteiger partial charge in [0.2, 0.25) is 0 Å². The highest BCUT2D eigenvalue weighted by atomic mass is 32.2. The van der Waals surface area contributed by atoms with Crippen molar-refractivity contribution in [1.29, 1.82) is 0 Å². The van der Waals surface area contributed by atoms with Gasteiger partial charge in [-0.15, -0.1) is 10.2 Å². The molecule has 1 fully saturated rings. The molecule has 1 aliphatic carbocycles. The van der Waals surface area contributed by atoms with Crippen LogP contribution in [0.25, 0.3) is 22.4 Å². The molecule has 0 atom stereocenters. The Kier molecular flexibility index (Phi) is 6.11. The van der Waals surface area contributed by atoms with Gasteiger partial charge in [0.05, 0.1) is 0 Å². The number of hydrogen-bond acceptors (Lipinski definition) is 5. The van der Waals surface area contributed by atoms with E-state index in [1.54, 1.807) is 17.8 Å². The van der Waals surface area contributed by atoms with Gasteiger partial charge in [-0.05, 0) is 47.9 Å². The predicted molar refractivity (Wildman–Crippen MR) is 138 cm³/mol. The van der Waals surface area contributed by atoms with Crippen LogP contribution in [0.2, 0.25) is 0 Å². The number of nitrogens with zero attached hydrogens (tertiary/aromatic N) is 3. The minimum atomic E-state index is -0.314. The number of benzene rings is 2. The Balaban J connectivity index is 1.49. The zero-order chi connectivity index (χ0) is 23.9. The quantitative estimate of drug-likeness (QED) is 0.229. The van der Waals surface area contributed by atoms with Crippen molar-refractivity contribution >= 4 is 22.7 Å². The van der Waals surface area contributed by atoms with Crippen LogP contribution in [-0.2, 0) is 11.2 Å². The monoisotopic (exact) mass is 473 g/mol. The van der Waals surface area contributed by atoms with Crippen molar-refractivity contribution in [3.05, 3.63) is 75.6 Å². The van der Waals surface area contributed by atoms with Crippen LogP contribution in [-0.4, -0.2) is 14.8 Å². The summed E-state index contributed by atoms with van der Waals surface area (Å²) in [5.74, 6) is 1.57. The number of aromatic nitrogens is 3. The molecule has 0 radical (unpaired) electrons. The van der Waals surface area contributed by atoms with Gasteiger partial charge >= 0.3 is 5.63 Å². The molecule has 0 aliphatic heterocycles. The standard InChI is InChI=1S/C28H31N3O2S/c1-18-9-14-23-20(16-25(32)33-24(23)15-18)17-34-27-30-29-26(31(27)22-7-5-6-8-22)19-10-12-21(13-11-19)28(2,3)4/h9-16,22H,5-8,17H2,1-4H3. The van der Waals surface area contributed by atoms with Crippen molar-refractivity contribution in [3.8, 4) is 11.4 Å². The maximum Gasteiger partial charge on any atom is 0.336 e. The van der Waals surface area contributed by atoms with Gasteiger partial charge in [-0.25, -0.2) is 4.79 Å². The number of hydrogen-bond donors (Lipinski definition) is 0. The van der Waals surface area contributed by atoms with Crippen LogP contribution >= 0.6 is 11.8 Å². The van der Waals surface area contributed by atoms with Crippen molar-refractivity contribution in [3.63, 3.8) is 0 Å². The Bertz CT molecular complexity index is 1370. The molecular weight excluding hydrogens is 442 g/mol. The summed E-state index contributed by atoms with van der Waals surface area (Å²) in [6.45, 7) is 8.69. The minimum Gasteiger partial charge on any atom is -0.423 e. The average Bonchev–Trinajstić information content (AvgIpc) is 3.46. The fraction of sp³-hybridized carbons (Fsp3) is 0.393. The first-order valence-corrected chi connectivity index (χ1v) is 13.0. The summed E-state index contributed by atoms with van der Waals surface area (Å²) in [6.07, 6.45) is 4.77. The Labute approximate surface area is 204 Å². The molecule has 2 aromatic carbocycles. The number of aryl methyl sites for hydroxylation is 1. The van der Waals surface area contributed by atoms with Crippen LogP contribution in [0.5, 0.6) is 0 Å². The molecule has 4 aromatic rings. The lowest BCUT2D eigenvalue weighted by Gasteiger charge is -2.20. The number of thioether (sulfide) groups is 1. The molecule has 0 amide bonds. The smallest absolute Gasteiger partial charge is 0.336 e. The molecule has 34 heavy (non-hydrogen) atoms. The summed E-state index contributed by atoms with van der Waals surface area (Å²) in [7, 11) is 0. The minimum absolute atomic E-state index is 0.113. The van der Waals surface area contributed by atoms with Gasteiger partial charge in [-0.3, -0.25) is 4.57 Å². The fourth-order valence-corrected chi connectivity index (χ4v) is 5.78. The van der Waals surface area contributed by atoms with Crippen LogP contribution in [0, 0.1) is 6.92 Å². The van der Waals surface area contributed by atoms with Crippen molar-refractivity contribution in [2.45, 2.75) is 75.7 Å². The topological polar surface area (TPSA) is 60.9 Å². The van der Waals surface area contributed by atoms with Crippen LogP contribution in [0.15, 0.2) is 62.9 Å². The average molecular weight is 474 g/mol. The molecule has 0 N–H and O–H groups in total. The van der Waals surface area contributed by atoms with Crippen LogP contribution < -0.4 is 5.63 Å². The van der Waals surface area contributed by atoms with Gasteiger partial charge in [0, 0.05) is 28.8 Å². The van der Waals surface area contributed by atoms with Gasteiger partial charge in [0.25, 0.3) is 0 Å². The summed E-state index contributed by atoms with van der Waals surface area (Å²) in [6, 6.07) is 16.8. The molecular formula is C28H31N3O2S. The SMILES string of the molecule is Cc1ccc2c(CSc3nnc(-c4ccc(C(C)(C)C)cc4)n3C3CCCC3)cc(=O)oc2c1. The second-order valence-electron chi connectivity index (χ2n) is 10.3. The highest BCUT2D eigenvalue weighted by Gasteiger charge is 2.25. The Hall–Kier alpha value is -2.86. The van der Waals surface area contributed by atoms with Gasteiger partial charge in [0.1, 0.15) is 5.58 Å². The predicted octanol–water partition coefficient (Wildman–Crippen LogP) is 7.06. The molecule has 6 heteroatoms. The molecule has 0 spiro atoms. The second kappa shape index (κ2) is 9.06. The largest absolute Gasteiger partial charge is 0.423 e. The van der Waals surface area contributed by atoms with Gasteiger partial charge < -0.3 is 4.42 Å². The summed E-state index contributed by atoms with van der Waals surface area (Å²) in [5, 5.41) is 11.1. The third-order valence-corrected chi connectivity index (χ3v) is 7.70. The van der Waals surface area contributed by atoms with Crippen LogP contribution in [0.1, 0.15) is 69.2 Å². The number of rotatable bonds is 5. The summed E-state index contributed by atoms with van der Waals surface area (Å²) >= 11 is 1.65. The first kappa shape index (κ1) is 22.9. The van der Waals surface area contributed by atoms with E-state index in [-0.39, 0.29) is 11.0 Å². The molecule has 2 heterocycles. The lowest BCUT2D eigenvalue weighted by molar-refractivity contribution is 0.485. The van der Waals surface area contributed by atoms with Crippen LogP contribution in [0.4, 0.5) is 0 Å².